The minimum Gasteiger partial charge on any atom is -0.481 e. The van der Waals surface area contributed by atoms with Crippen LogP contribution in [0.3, 0.4) is 0 Å². The number of benzene rings is 2. The Labute approximate surface area is 302 Å². The lowest BCUT2D eigenvalue weighted by atomic mass is 9.81. The Kier molecular flexibility index (Phi) is 9.75. The molecule has 0 spiro atoms. The fourth-order valence-electron chi connectivity index (χ4n) is 8.02. The van der Waals surface area contributed by atoms with Crippen LogP contribution in [0.4, 0.5) is 11.4 Å². The van der Waals surface area contributed by atoms with Gasteiger partial charge in [-0.1, -0.05) is 35.9 Å². The first kappa shape index (κ1) is 34.9. The molecule has 2 aromatic carbocycles. The fourth-order valence-corrected chi connectivity index (χ4v) is 8.29. The smallest absolute Gasteiger partial charge is 0.306 e. The van der Waals surface area contributed by atoms with Crippen LogP contribution in [0.15, 0.2) is 36.4 Å². The number of rotatable bonds is 8. The Morgan fingerprint density at radius 2 is 1.37 bits per heavy atom. The molecule has 1 aliphatic carbocycles. The lowest BCUT2D eigenvalue weighted by Gasteiger charge is -2.33. The van der Waals surface area contributed by atoms with Crippen molar-refractivity contribution in [2.75, 3.05) is 37.3 Å². The van der Waals surface area contributed by atoms with Gasteiger partial charge in [0.05, 0.1) is 28.0 Å². The van der Waals surface area contributed by atoms with Gasteiger partial charge in [0, 0.05) is 82.3 Å². The Hall–Kier alpha value is -4.52. The number of fused-ring (bicyclic) bond motifs is 2. The Balaban J connectivity index is 1.04. The highest BCUT2D eigenvalue weighted by Crippen LogP contribution is 2.38. The van der Waals surface area contributed by atoms with Crippen molar-refractivity contribution < 1.29 is 19.5 Å². The molecule has 2 aromatic heterocycles. The van der Waals surface area contributed by atoms with Crippen LogP contribution in [0.1, 0.15) is 75.3 Å². The van der Waals surface area contributed by atoms with Gasteiger partial charge < -0.3 is 29.8 Å². The van der Waals surface area contributed by atoms with Crippen molar-refractivity contribution in [3.05, 3.63) is 81.4 Å². The zero-order valence-corrected chi connectivity index (χ0v) is 30.4. The molecule has 268 valence electrons. The first-order chi connectivity index (χ1) is 24.5. The van der Waals surface area contributed by atoms with E-state index in [2.05, 4.69) is 32.5 Å². The number of likely N-dealkylation sites (N-methyl/N-ethyl adjacent to an activating group) is 1. The number of carboxylic acid groups (broad SMARTS) is 1. The number of nitrogens with zero attached hydrogens (tertiary/aromatic N) is 6. The molecule has 51 heavy (non-hydrogen) atoms. The summed E-state index contributed by atoms with van der Waals surface area (Å²) < 4.78 is 3.77. The number of nitrogens with one attached hydrogen (secondary N) is 2. The van der Waals surface area contributed by atoms with Gasteiger partial charge in [-0.15, -0.1) is 0 Å². The Morgan fingerprint density at radius 3 is 2.02 bits per heavy atom. The Bertz CT molecular complexity index is 2010. The maximum atomic E-state index is 13.7. The van der Waals surface area contributed by atoms with E-state index in [1.807, 2.05) is 60.5 Å². The predicted octanol–water partition coefficient (Wildman–Crippen LogP) is 5.52. The second kappa shape index (κ2) is 14.2. The van der Waals surface area contributed by atoms with Crippen molar-refractivity contribution in [3.8, 4) is 11.1 Å². The average Bonchev–Trinajstić information content (AvgIpc) is 3.62. The van der Waals surface area contributed by atoms with Crippen LogP contribution >= 0.6 is 11.6 Å². The first-order valence-corrected chi connectivity index (χ1v) is 18.1. The number of hydrogen-bond acceptors (Lipinski definition) is 7. The minimum atomic E-state index is -0.679. The molecule has 0 unspecified atom stereocenters. The normalized spacial score (nSPS) is 19.3. The molecule has 4 aromatic rings. The lowest BCUT2D eigenvalue weighted by molar-refractivity contribution is -0.143. The molecule has 1 saturated carbocycles. The Morgan fingerprint density at radius 1 is 0.804 bits per heavy atom. The number of carboxylic acids is 1. The van der Waals surface area contributed by atoms with Crippen molar-refractivity contribution in [1.29, 1.82) is 0 Å². The van der Waals surface area contributed by atoms with Crippen molar-refractivity contribution in [2.45, 2.75) is 58.5 Å². The highest BCUT2D eigenvalue weighted by atomic mass is 35.5. The van der Waals surface area contributed by atoms with E-state index in [9.17, 15) is 19.5 Å². The molecule has 3 aliphatic rings. The number of carbonyl (C=O) groups is 3. The summed E-state index contributed by atoms with van der Waals surface area (Å²) >= 11 is 6.98. The van der Waals surface area contributed by atoms with E-state index in [1.54, 1.807) is 6.07 Å². The van der Waals surface area contributed by atoms with Gasteiger partial charge in [-0.25, -0.2) is 9.97 Å². The molecule has 4 heterocycles. The molecule has 0 saturated heterocycles. The van der Waals surface area contributed by atoms with Crippen LogP contribution < -0.4 is 10.6 Å². The van der Waals surface area contributed by atoms with Crippen LogP contribution in [-0.2, 0) is 44.8 Å². The van der Waals surface area contributed by atoms with Gasteiger partial charge >= 0.3 is 5.97 Å². The molecule has 1 fully saturated rings. The molecule has 3 N–H and O–H groups in total. The average molecular weight is 713 g/mol. The molecule has 13 heteroatoms. The van der Waals surface area contributed by atoms with E-state index < -0.39 is 5.97 Å². The van der Waals surface area contributed by atoms with Crippen molar-refractivity contribution in [1.82, 2.24) is 28.9 Å². The summed E-state index contributed by atoms with van der Waals surface area (Å²) in [6.45, 7) is 6.04. The van der Waals surface area contributed by atoms with E-state index in [-0.39, 0.29) is 17.7 Å². The summed E-state index contributed by atoms with van der Waals surface area (Å²) in [5.74, 6) is -0.316. The molecule has 2 amide bonds. The molecular formula is C38H45ClN8O4. The number of anilines is 2. The van der Waals surface area contributed by atoms with Gasteiger partial charge in [-0.2, -0.15) is 0 Å². The zero-order valence-electron chi connectivity index (χ0n) is 29.6. The highest BCUT2D eigenvalue weighted by molar-refractivity contribution is 6.36. The van der Waals surface area contributed by atoms with E-state index in [4.69, 9.17) is 16.6 Å². The van der Waals surface area contributed by atoms with E-state index in [0.29, 0.717) is 40.5 Å². The summed E-state index contributed by atoms with van der Waals surface area (Å²) in [7, 11) is 5.82. The van der Waals surface area contributed by atoms with Gasteiger partial charge in [0.1, 0.15) is 0 Å². The monoisotopic (exact) mass is 712 g/mol. The van der Waals surface area contributed by atoms with E-state index in [1.165, 1.54) is 0 Å². The second-order valence-electron chi connectivity index (χ2n) is 14.4. The molecule has 7 rings (SSSR count). The summed E-state index contributed by atoms with van der Waals surface area (Å²) in [6, 6.07) is 11.2. The maximum absolute atomic E-state index is 13.7. The van der Waals surface area contributed by atoms with Gasteiger partial charge in [0.15, 0.2) is 11.6 Å². The minimum absolute atomic E-state index is 0.215. The molecule has 0 atom stereocenters. The van der Waals surface area contributed by atoms with Crippen molar-refractivity contribution in [3.63, 3.8) is 0 Å². The zero-order chi connectivity index (χ0) is 36.0. The number of aliphatic carboxylic acids is 1. The molecule has 2 aliphatic heterocycles. The first-order valence-electron chi connectivity index (χ1n) is 17.7. The van der Waals surface area contributed by atoms with Crippen LogP contribution in [0.25, 0.3) is 11.1 Å². The summed E-state index contributed by atoms with van der Waals surface area (Å²) in [4.78, 5) is 52.5. The van der Waals surface area contributed by atoms with Crippen LogP contribution in [-0.4, -0.2) is 78.5 Å². The second-order valence-corrected chi connectivity index (χ2v) is 14.7. The lowest BCUT2D eigenvalue weighted by Crippen LogP contribution is -2.36. The number of carbonyl (C=O) groups excluding carboxylic acids is 2. The molecule has 0 bridgehead atoms. The largest absolute Gasteiger partial charge is 0.481 e. The van der Waals surface area contributed by atoms with Crippen LogP contribution in [0, 0.1) is 18.8 Å². The van der Waals surface area contributed by atoms with Crippen molar-refractivity contribution in [2.24, 2.45) is 25.9 Å². The van der Waals surface area contributed by atoms with Gasteiger partial charge in [-0.3, -0.25) is 19.3 Å². The quantitative estimate of drug-likeness (QED) is 0.217. The van der Waals surface area contributed by atoms with Gasteiger partial charge in [-0.05, 0) is 68.8 Å². The number of imidazole rings is 2. The van der Waals surface area contributed by atoms with Crippen LogP contribution in [0.5, 0.6) is 0 Å². The number of aromatic nitrogens is 4. The fraction of sp³-hybridized carbons (Fsp3) is 0.447. The molecule has 0 radical (unpaired) electrons. The SMILES string of the molecule is Cc1c(NC(=O)c2nc3c(n2C)CCN(C)C3)cccc1-c1cccc(NC(=O)c2nc3c(n2C)CCN(C[C@H]2CC[C@H](C(=O)O)CC2)C3)c1Cl. The third-order valence-electron chi connectivity index (χ3n) is 11.0. The van der Waals surface area contributed by atoms with Crippen molar-refractivity contribution >= 4 is 40.8 Å². The number of hydrogen-bond donors (Lipinski definition) is 3. The predicted molar refractivity (Wildman–Crippen MR) is 196 cm³/mol. The van der Waals surface area contributed by atoms with Gasteiger partial charge in [0.2, 0.25) is 0 Å². The third kappa shape index (κ3) is 6.92. The number of halogens is 1. The third-order valence-corrected chi connectivity index (χ3v) is 11.4. The van der Waals surface area contributed by atoms with E-state index in [0.717, 1.165) is 104 Å². The highest BCUT2D eigenvalue weighted by Gasteiger charge is 2.31. The maximum Gasteiger partial charge on any atom is 0.306 e. The van der Waals surface area contributed by atoms with Crippen LogP contribution in [0.2, 0.25) is 5.02 Å². The summed E-state index contributed by atoms with van der Waals surface area (Å²) in [6.07, 6.45) is 4.98. The molecular weight excluding hydrogens is 668 g/mol. The van der Waals surface area contributed by atoms with Gasteiger partial charge in [0.25, 0.3) is 11.8 Å². The molecule has 12 nitrogen and oxygen atoms in total. The number of amides is 2. The topological polar surface area (TPSA) is 138 Å². The standard InChI is InChI=1S/C38H45ClN8O4/c1-22-25(7-5-9-27(22)42-36(48)34-40-29-20-44(2)17-15-31(29)45(34)3)26-8-6-10-28(33(26)39)43-37(49)35-41-30-21-47(18-16-32(30)46(35)4)19-23-11-13-24(14-12-23)38(50)51/h5-10,23-24H,11-21H2,1-4H3,(H,42,48)(H,43,49)(H,50,51)/t23-,24-. The summed E-state index contributed by atoms with van der Waals surface area (Å²) in [5.41, 5.74) is 7.51. The van der Waals surface area contributed by atoms with E-state index >= 15 is 0 Å². The summed E-state index contributed by atoms with van der Waals surface area (Å²) in [5, 5.41) is 15.8.